The number of nitrogens with zero attached hydrogens (tertiary/aromatic N) is 2. The summed E-state index contributed by atoms with van der Waals surface area (Å²) in [4.78, 5) is 16.4. The molecule has 0 fully saturated rings. The zero-order valence-corrected chi connectivity index (χ0v) is 17.1. The summed E-state index contributed by atoms with van der Waals surface area (Å²) in [6.07, 6.45) is 1.15. The number of imidazole rings is 1. The Morgan fingerprint density at radius 1 is 1.07 bits per heavy atom. The van der Waals surface area contributed by atoms with Gasteiger partial charge in [0.05, 0.1) is 11.3 Å². The van der Waals surface area contributed by atoms with E-state index in [0.29, 0.717) is 16.8 Å². The smallest absolute Gasteiger partial charge is 0.338 e. The average molecular weight is 439 g/mol. The molecule has 1 aromatic heterocycles. The van der Waals surface area contributed by atoms with E-state index in [2.05, 4.69) is 4.98 Å². The SMILES string of the molecule is CS(=O)(=O)Cc1ccc(C(=O)OCc2c(Cl)nc(Cl)n2-c2ccccc2)cc1. The van der Waals surface area contributed by atoms with Crippen molar-refractivity contribution >= 4 is 39.0 Å². The van der Waals surface area contributed by atoms with Gasteiger partial charge in [-0.05, 0) is 41.4 Å². The molecule has 6 nitrogen and oxygen atoms in total. The van der Waals surface area contributed by atoms with Crippen LogP contribution in [-0.2, 0) is 26.9 Å². The molecular formula is C19H16Cl2N2O4S. The molecule has 28 heavy (non-hydrogen) atoms. The number of rotatable bonds is 6. The maximum atomic E-state index is 12.3. The summed E-state index contributed by atoms with van der Waals surface area (Å²) >= 11 is 12.3. The second-order valence-corrected chi connectivity index (χ2v) is 8.97. The number of benzene rings is 2. The number of sulfone groups is 1. The molecule has 0 N–H and O–H groups in total. The van der Waals surface area contributed by atoms with Crippen molar-refractivity contribution < 1.29 is 17.9 Å². The number of carbonyl (C=O) groups is 1. The monoisotopic (exact) mass is 438 g/mol. The van der Waals surface area contributed by atoms with Crippen LogP contribution in [0.3, 0.4) is 0 Å². The number of aromatic nitrogens is 2. The van der Waals surface area contributed by atoms with E-state index in [1.807, 2.05) is 30.3 Å². The van der Waals surface area contributed by atoms with Crippen molar-refractivity contribution in [3.05, 3.63) is 81.9 Å². The molecule has 9 heteroatoms. The van der Waals surface area contributed by atoms with Gasteiger partial charge in [-0.15, -0.1) is 0 Å². The molecule has 0 aliphatic carbocycles. The van der Waals surface area contributed by atoms with Gasteiger partial charge < -0.3 is 4.74 Å². The van der Waals surface area contributed by atoms with Crippen molar-refractivity contribution in [2.45, 2.75) is 12.4 Å². The van der Waals surface area contributed by atoms with Crippen molar-refractivity contribution in [3.63, 3.8) is 0 Å². The molecule has 146 valence electrons. The first kappa shape index (κ1) is 20.4. The van der Waals surface area contributed by atoms with E-state index < -0.39 is 15.8 Å². The zero-order chi connectivity index (χ0) is 20.3. The molecular weight excluding hydrogens is 423 g/mol. The lowest BCUT2D eigenvalue weighted by Crippen LogP contribution is -2.09. The molecule has 0 atom stereocenters. The molecule has 0 radical (unpaired) electrons. The Morgan fingerprint density at radius 3 is 2.32 bits per heavy atom. The first-order valence-electron chi connectivity index (χ1n) is 8.16. The molecule has 0 unspecified atom stereocenters. The third-order valence-corrected chi connectivity index (χ3v) is 5.27. The first-order valence-corrected chi connectivity index (χ1v) is 11.0. The summed E-state index contributed by atoms with van der Waals surface area (Å²) in [7, 11) is -3.14. The van der Waals surface area contributed by atoms with Gasteiger partial charge in [-0.3, -0.25) is 4.57 Å². The van der Waals surface area contributed by atoms with Crippen LogP contribution >= 0.6 is 23.2 Å². The Morgan fingerprint density at radius 2 is 1.71 bits per heavy atom. The summed E-state index contributed by atoms with van der Waals surface area (Å²) in [5.41, 5.74) is 2.07. The van der Waals surface area contributed by atoms with Crippen LogP contribution in [0.2, 0.25) is 10.4 Å². The van der Waals surface area contributed by atoms with E-state index in [1.54, 1.807) is 16.7 Å². The highest BCUT2D eigenvalue weighted by Crippen LogP contribution is 2.26. The molecule has 0 spiro atoms. The van der Waals surface area contributed by atoms with Crippen LogP contribution in [0.4, 0.5) is 0 Å². The van der Waals surface area contributed by atoms with Crippen LogP contribution in [-0.4, -0.2) is 30.2 Å². The Labute approximate surface area is 172 Å². The second kappa shape index (κ2) is 8.34. The fourth-order valence-corrected chi connectivity index (χ4v) is 3.96. The minimum absolute atomic E-state index is 0.0906. The molecule has 0 bridgehead atoms. The molecule has 0 aliphatic heterocycles. The molecule has 0 saturated heterocycles. The third kappa shape index (κ3) is 4.92. The van der Waals surface area contributed by atoms with Crippen LogP contribution in [0.25, 0.3) is 5.69 Å². The van der Waals surface area contributed by atoms with E-state index >= 15 is 0 Å². The van der Waals surface area contributed by atoms with Crippen LogP contribution in [0.15, 0.2) is 54.6 Å². The Balaban J connectivity index is 1.75. The number of halogens is 2. The maximum absolute atomic E-state index is 12.3. The van der Waals surface area contributed by atoms with Gasteiger partial charge in [-0.25, -0.2) is 18.2 Å². The Hall–Kier alpha value is -2.35. The minimum atomic E-state index is -3.14. The molecule has 0 saturated carbocycles. The lowest BCUT2D eigenvalue weighted by atomic mass is 10.1. The van der Waals surface area contributed by atoms with Gasteiger partial charge in [0.25, 0.3) is 0 Å². The van der Waals surface area contributed by atoms with Crippen LogP contribution in [0.5, 0.6) is 0 Å². The molecule has 0 aliphatic rings. The van der Waals surface area contributed by atoms with Crippen LogP contribution < -0.4 is 0 Å². The summed E-state index contributed by atoms with van der Waals surface area (Å²) in [5, 5.41) is 0.303. The van der Waals surface area contributed by atoms with Gasteiger partial charge in [-0.1, -0.05) is 41.9 Å². The van der Waals surface area contributed by atoms with Gasteiger partial charge in [0.2, 0.25) is 5.28 Å². The molecule has 1 heterocycles. The first-order chi connectivity index (χ1) is 13.2. The molecule has 3 aromatic rings. The number of hydrogen-bond donors (Lipinski definition) is 0. The standard InChI is InChI=1S/C19H16Cl2N2O4S/c1-28(25,26)12-13-7-9-14(10-8-13)18(24)27-11-16-17(20)22-19(21)23(16)15-5-3-2-4-6-15/h2-10H,11-12H2,1H3. The Kier molecular flexibility index (Phi) is 6.07. The number of para-hydroxylation sites is 1. The molecule has 2 aromatic carbocycles. The van der Waals surface area contributed by atoms with Crippen molar-refractivity contribution in [1.82, 2.24) is 9.55 Å². The normalized spacial score (nSPS) is 11.4. The number of carbonyl (C=O) groups excluding carboxylic acids is 1. The second-order valence-electron chi connectivity index (χ2n) is 6.13. The van der Waals surface area contributed by atoms with Gasteiger partial charge in [0, 0.05) is 11.9 Å². The van der Waals surface area contributed by atoms with Crippen molar-refractivity contribution in [1.29, 1.82) is 0 Å². The van der Waals surface area contributed by atoms with E-state index in [9.17, 15) is 13.2 Å². The third-order valence-electron chi connectivity index (χ3n) is 3.86. The van der Waals surface area contributed by atoms with Gasteiger partial charge in [-0.2, -0.15) is 0 Å². The van der Waals surface area contributed by atoms with E-state index in [4.69, 9.17) is 27.9 Å². The minimum Gasteiger partial charge on any atom is -0.456 e. The fourth-order valence-electron chi connectivity index (χ4n) is 2.62. The number of esters is 1. The summed E-state index contributed by atoms with van der Waals surface area (Å²) in [6, 6.07) is 15.4. The highest BCUT2D eigenvalue weighted by Gasteiger charge is 2.18. The van der Waals surface area contributed by atoms with E-state index in [-0.39, 0.29) is 22.8 Å². The summed E-state index contributed by atoms with van der Waals surface area (Å²) in [5.74, 6) is -0.661. The van der Waals surface area contributed by atoms with Gasteiger partial charge >= 0.3 is 5.97 Å². The number of hydrogen-bond acceptors (Lipinski definition) is 5. The molecule has 0 amide bonds. The van der Waals surface area contributed by atoms with Crippen molar-refractivity contribution in [2.75, 3.05) is 6.26 Å². The summed E-state index contributed by atoms with van der Waals surface area (Å²) < 4.78 is 29.6. The van der Waals surface area contributed by atoms with Crippen LogP contribution in [0.1, 0.15) is 21.6 Å². The van der Waals surface area contributed by atoms with Crippen molar-refractivity contribution in [3.8, 4) is 5.69 Å². The Bertz CT molecular complexity index is 1090. The topological polar surface area (TPSA) is 78.3 Å². The van der Waals surface area contributed by atoms with E-state index in [1.165, 1.54) is 12.1 Å². The van der Waals surface area contributed by atoms with Crippen LogP contribution in [0, 0.1) is 0 Å². The average Bonchev–Trinajstić information content (AvgIpc) is 2.93. The predicted molar refractivity (Wildman–Crippen MR) is 108 cm³/mol. The zero-order valence-electron chi connectivity index (χ0n) is 14.8. The predicted octanol–water partition coefficient (Wildman–Crippen LogP) is 4.08. The number of ether oxygens (including phenoxy) is 1. The lowest BCUT2D eigenvalue weighted by Gasteiger charge is -2.10. The van der Waals surface area contributed by atoms with Crippen molar-refractivity contribution in [2.24, 2.45) is 0 Å². The van der Waals surface area contributed by atoms with Gasteiger partial charge in [0.1, 0.15) is 12.3 Å². The fraction of sp³-hybridized carbons (Fsp3) is 0.158. The van der Waals surface area contributed by atoms with Gasteiger partial charge in [0.15, 0.2) is 15.0 Å². The maximum Gasteiger partial charge on any atom is 0.338 e. The molecule has 3 rings (SSSR count). The van der Waals surface area contributed by atoms with E-state index in [0.717, 1.165) is 11.9 Å². The highest BCUT2D eigenvalue weighted by molar-refractivity contribution is 7.89. The quantitative estimate of drug-likeness (QED) is 0.541. The lowest BCUT2D eigenvalue weighted by molar-refractivity contribution is 0.0466. The highest BCUT2D eigenvalue weighted by atomic mass is 35.5. The largest absolute Gasteiger partial charge is 0.456 e. The summed E-state index contributed by atoms with van der Waals surface area (Å²) in [6.45, 7) is -0.128.